The van der Waals surface area contributed by atoms with Crippen LogP contribution >= 0.6 is 22.9 Å². The first-order valence-corrected chi connectivity index (χ1v) is 10.1. The van der Waals surface area contributed by atoms with Gasteiger partial charge in [0.15, 0.2) is 0 Å². The van der Waals surface area contributed by atoms with Crippen molar-refractivity contribution in [2.75, 3.05) is 26.8 Å². The van der Waals surface area contributed by atoms with Gasteiger partial charge < -0.3 is 25.2 Å². The van der Waals surface area contributed by atoms with Gasteiger partial charge in [0.25, 0.3) is 5.91 Å². The third-order valence-corrected chi connectivity index (χ3v) is 5.65. The van der Waals surface area contributed by atoms with E-state index in [1.165, 1.54) is 18.1 Å². The predicted molar refractivity (Wildman–Crippen MR) is 105 cm³/mol. The van der Waals surface area contributed by atoms with Gasteiger partial charge in [0.1, 0.15) is 24.6 Å². The predicted octanol–water partition coefficient (Wildman–Crippen LogP) is 1.54. The van der Waals surface area contributed by atoms with Gasteiger partial charge in [-0.2, -0.15) is 0 Å². The number of methoxy groups -OCH3 is 1. The molecule has 12 heteroatoms. The Balaban J connectivity index is 1.67. The number of carbonyl (C=O) groups excluding carboxylic acids is 3. The van der Waals surface area contributed by atoms with Crippen molar-refractivity contribution in [3.8, 4) is 0 Å². The molecule has 1 aromatic heterocycles. The van der Waals surface area contributed by atoms with Crippen LogP contribution in [0.1, 0.15) is 16.1 Å². The van der Waals surface area contributed by atoms with E-state index in [9.17, 15) is 18.8 Å². The van der Waals surface area contributed by atoms with Gasteiger partial charge in [-0.3, -0.25) is 14.5 Å². The van der Waals surface area contributed by atoms with E-state index in [0.717, 1.165) is 11.3 Å². The first kappa shape index (κ1) is 22.1. The van der Waals surface area contributed by atoms with E-state index in [1.807, 2.05) is 0 Å². The number of hydrogen-bond donors (Lipinski definition) is 3. The molecule has 0 radical (unpaired) electrons. The lowest BCUT2D eigenvalue weighted by atomic mass is 10.0. The summed E-state index contributed by atoms with van der Waals surface area (Å²) in [6.07, 6.45) is -1.91. The SMILES string of the molecule is COC1=C(N2CC(CNC(=O)c3ccc(Cl)s3)OC2=O)CC(F)C(NC(=O)CO)=C1. The van der Waals surface area contributed by atoms with Crippen LogP contribution in [0.15, 0.2) is 35.4 Å². The second kappa shape index (κ2) is 9.45. The van der Waals surface area contributed by atoms with Crippen LogP contribution < -0.4 is 10.6 Å². The molecule has 3 rings (SSSR count). The zero-order valence-electron chi connectivity index (χ0n) is 15.8. The largest absolute Gasteiger partial charge is 0.495 e. The summed E-state index contributed by atoms with van der Waals surface area (Å²) in [7, 11) is 1.35. The van der Waals surface area contributed by atoms with E-state index < -0.39 is 30.9 Å². The molecule has 1 aliphatic carbocycles. The van der Waals surface area contributed by atoms with Gasteiger partial charge in [-0.05, 0) is 12.1 Å². The Morgan fingerprint density at radius 2 is 2.23 bits per heavy atom. The van der Waals surface area contributed by atoms with Gasteiger partial charge >= 0.3 is 6.09 Å². The smallest absolute Gasteiger partial charge is 0.414 e. The number of ether oxygens (including phenoxy) is 2. The van der Waals surface area contributed by atoms with Crippen LogP contribution in [0.4, 0.5) is 9.18 Å². The number of alkyl halides is 1. The molecule has 9 nitrogen and oxygen atoms in total. The number of amides is 3. The van der Waals surface area contributed by atoms with Gasteiger partial charge in [0.05, 0.1) is 40.8 Å². The Hall–Kier alpha value is -2.63. The number of nitrogens with zero attached hydrogens (tertiary/aromatic N) is 1. The molecule has 1 aromatic rings. The third-order valence-electron chi connectivity index (χ3n) is 4.42. The quantitative estimate of drug-likeness (QED) is 0.569. The molecule has 2 aliphatic rings. The molecule has 1 fully saturated rings. The summed E-state index contributed by atoms with van der Waals surface area (Å²) >= 11 is 6.95. The normalized spacial score (nSPS) is 21.3. The standard InChI is InChI=1S/C18H19ClFN3O6S/c1-28-13-5-11(22-16(25)8-24)10(20)4-12(13)23-7-9(29-18(23)27)6-21-17(26)14-2-3-15(19)30-14/h2-3,5,9-10,24H,4,6-8H2,1H3,(H,21,26)(H,22,25). The summed E-state index contributed by atoms with van der Waals surface area (Å²) in [6, 6.07) is 3.20. The van der Waals surface area contributed by atoms with Crippen molar-refractivity contribution in [2.45, 2.75) is 18.7 Å². The van der Waals surface area contributed by atoms with Gasteiger partial charge in [-0.1, -0.05) is 11.6 Å². The van der Waals surface area contributed by atoms with Crippen LogP contribution in [-0.4, -0.2) is 67.0 Å². The van der Waals surface area contributed by atoms with Crippen LogP contribution in [0, 0.1) is 0 Å². The van der Waals surface area contributed by atoms with Crippen LogP contribution in [0.2, 0.25) is 4.34 Å². The van der Waals surface area contributed by atoms with Crippen molar-refractivity contribution in [3.63, 3.8) is 0 Å². The molecular formula is C18H19ClFN3O6S. The highest BCUT2D eigenvalue weighted by molar-refractivity contribution is 7.17. The summed E-state index contributed by atoms with van der Waals surface area (Å²) < 4.78 is 25.5. The van der Waals surface area contributed by atoms with E-state index in [0.29, 0.717) is 9.21 Å². The first-order valence-electron chi connectivity index (χ1n) is 8.87. The Morgan fingerprint density at radius 3 is 2.87 bits per heavy atom. The highest BCUT2D eigenvalue weighted by Gasteiger charge is 2.38. The third kappa shape index (κ3) is 4.91. The molecule has 0 saturated carbocycles. The number of rotatable bonds is 7. The minimum Gasteiger partial charge on any atom is -0.495 e. The van der Waals surface area contributed by atoms with Crippen molar-refractivity contribution >= 4 is 40.8 Å². The number of aliphatic hydroxyl groups excluding tert-OH is 1. The van der Waals surface area contributed by atoms with Gasteiger partial charge in [-0.15, -0.1) is 11.3 Å². The Kier molecular flexibility index (Phi) is 6.95. The number of hydrogen-bond acceptors (Lipinski definition) is 7. The molecule has 2 unspecified atom stereocenters. The van der Waals surface area contributed by atoms with Crippen molar-refractivity contribution in [2.24, 2.45) is 0 Å². The van der Waals surface area contributed by atoms with E-state index in [4.69, 9.17) is 26.2 Å². The Labute approximate surface area is 180 Å². The molecular weight excluding hydrogens is 441 g/mol. The topological polar surface area (TPSA) is 117 Å². The minimum absolute atomic E-state index is 0.0683. The molecule has 30 heavy (non-hydrogen) atoms. The fourth-order valence-corrected chi connectivity index (χ4v) is 3.97. The molecule has 2 atom stereocenters. The van der Waals surface area contributed by atoms with Gasteiger partial charge in [0.2, 0.25) is 5.91 Å². The number of allylic oxidation sites excluding steroid dienone is 3. The van der Waals surface area contributed by atoms with Gasteiger partial charge in [-0.25, -0.2) is 9.18 Å². The lowest BCUT2D eigenvalue weighted by Crippen LogP contribution is -2.37. The maximum atomic E-state index is 14.5. The summed E-state index contributed by atoms with van der Waals surface area (Å²) in [5, 5.41) is 13.7. The number of halogens is 2. The van der Waals surface area contributed by atoms with Crippen molar-refractivity contribution in [1.29, 1.82) is 0 Å². The first-order chi connectivity index (χ1) is 14.3. The average molecular weight is 460 g/mol. The highest BCUT2D eigenvalue weighted by Crippen LogP contribution is 2.31. The number of nitrogens with one attached hydrogen (secondary N) is 2. The molecule has 0 bridgehead atoms. The number of thiophene rings is 1. The summed E-state index contributed by atoms with van der Waals surface area (Å²) in [5.74, 6) is -0.912. The molecule has 3 N–H and O–H groups in total. The van der Waals surface area contributed by atoms with Crippen molar-refractivity contribution in [1.82, 2.24) is 15.5 Å². The molecule has 1 saturated heterocycles. The fourth-order valence-electron chi connectivity index (χ4n) is 3.01. The average Bonchev–Trinajstić information content (AvgIpc) is 3.32. The lowest BCUT2D eigenvalue weighted by molar-refractivity contribution is -0.123. The van der Waals surface area contributed by atoms with Crippen LogP contribution in [0.3, 0.4) is 0 Å². The Morgan fingerprint density at radius 1 is 1.47 bits per heavy atom. The molecule has 162 valence electrons. The van der Waals surface area contributed by atoms with Gasteiger partial charge in [0, 0.05) is 12.5 Å². The molecule has 0 spiro atoms. The van der Waals surface area contributed by atoms with Crippen molar-refractivity contribution in [3.05, 3.63) is 44.6 Å². The monoisotopic (exact) mass is 459 g/mol. The van der Waals surface area contributed by atoms with Crippen LogP contribution in [0.5, 0.6) is 0 Å². The summed E-state index contributed by atoms with van der Waals surface area (Å²) in [5.41, 5.74) is 0.191. The summed E-state index contributed by atoms with van der Waals surface area (Å²) in [6.45, 7) is -0.628. The molecule has 0 aromatic carbocycles. The molecule has 3 amide bonds. The second-order valence-corrected chi connectivity index (χ2v) is 8.14. The van der Waals surface area contributed by atoms with E-state index in [-0.39, 0.29) is 42.6 Å². The van der Waals surface area contributed by atoms with E-state index >= 15 is 0 Å². The minimum atomic E-state index is -1.61. The van der Waals surface area contributed by atoms with Crippen LogP contribution in [0.25, 0.3) is 0 Å². The van der Waals surface area contributed by atoms with E-state index in [2.05, 4.69) is 10.6 Å². The van der Waals surface area contributed by atoms with E-state index in [1.54, 1.807) is 12.1 Å². The molecule has 2 heterocycles. The van der Waals surface area contributed by atoms with Crippen molar-refractivity contribution < 1.29 is 33.4 Å². The number of carbonyl (C=O) groups is 3. The molecule has 1 aliphatic heterocycles. The zero-order valence-corrected chi connectivity index (χ0v) is 17.4. The fraction of sp³-hybridized carbons (Fsp3) is 0.389. The lowest BCUT2D eigenvalue weighted by Gasteiger charge is -2.26. The second-order valence-electron chi connectivity index (χ2n) is 6.42. The number of aliphatic hydroxyl groups is 1. The maximum absolute atomic E-state index is 14.5. The number of cyclic esters (lactones) is 1. The van der Waals surface area contributed by atoms with Crippen LogP contribution in [-0.2, 0) is 14.3 Å². The zero-order chi connectivity index (χ0) is 21.8. The highest BCUT2D eigenvalue weighted by atomic mass is 35.5. The summed E-state index contributed by atoms with van der Waals surface area (Å²) in [4.78, 5) is 37.4. The Bertz CT molecular complexity index is 917. The maximum Gasteiger partial charge on any atom is 0.414 e.